The van der Waals surface area contributed by atoms with Crippen molar-refractivity contribution in [1.82, 2.24) is 4.68 Å². The Hall–Kier alpha value is -3.68. The summed E-state index contributed by atoms with van der Waals surface area (Å²) in [4.78, 5) is 36.3. The summed E-state index contributed by atoms with van der Waals surface area (Å²) in [7, 11) is 1.16. The number of para-hydroxylation sites is 1. The number of rotatable bonds is 6. The van der Waals surface area contributed by atoms with Crippen LogP contribution in [0.15, 0.2) is 54.6 Å². The van der Waals surface area contributed by atoms with E-state index in [1.54, 1.807) is 24.3 Å². The minimum Gasteiger partial charge on any atom is -0.477 e. The Morgan fingerprint density at radius 2 is 1.79 bits per heavy atom. The maximum atomic E-state index is 13.2. The van der Waals surface area contributed by atoms with E-state index in [2.05, 4.69) is 4.74 Å². The molecule has 0 saturated carbocycles. The number of hydrogen-bond donors (Lipinski definition) is 1. The topological polar surface area (TPSA) is 88.8 Å². The minimum atomic E-state index is -1.23. The van der Waals surface area contributed by atoms with Crippen molar-refractivity contribution in [2.24, 2.45) is 0 Å². The van der Waals surface area contributed by atoms with Gasteiger partial charge in [0.1, 0.15) is 17.9 Å². The van der Waals surface area contributed by atoms with E-state index in [-0.39, 0.29) is 12.2 Å². The highest BCUT2D eigenvalue weighted by atomic mass is 19.1. The van der Waals surface area contributed by atoms with Crippen LogP contribution in [-0.2, 0) is 20.9 Å². The van der Waals surface area contributed by atoms with Crippen molar-refractivity contribution < 1.29 is 28.6 Å². The molecule has 0 fully saturated rings. The van der Waals surface area contributed by atoms with Gasteiger partial charge in [-0.05, 0) is 29.8 Å². The van der Waals surface area contributed by atoms with Crippen LogP contribution >= 0.6 is 0 Å². The van der Waals surface area contributed by atoms with Gasteiger partial charge in [-0.1, -0.05) is 30.3 Å². The lowest BCUT2D eigenvalue weighted by Gasteiger charge is -2.26. The van der Waals surface area contributed by atoms with Crippen LogP contribution in [0.5, 0.6) is 0 Å². The van der Waals surface area contributed by atoms with Gasteiger partial charge in [-0.3, -0.25) is 9.59 Å². The van der Waals surface area contributed by atoms with Crippen molar-refractivity contribution >= 4 is 28.7 Å². The zero-order chi connectivity index (χ0) is 20.3. The summed E-state index contributed by atoms with van der Waals surface area (Å²) in [5, 5.41) is 11.4. The number of nitrogens with zero attached hydrogens (tertiary/aromatic N) is 2. The highest BCUT2D eigenvalue weighted by Crippen LogP contribution is 2.22. The SMILES string of the molecule is COC(=O)CC(=O)N(Cc1ccc(F)cc1)n1c(C(=O)O)cc2ccccc21. The van der Waals surface area contributed by atoms with Crippen LogP contribution in [0.25, 0.3) is 10.9 Å². The van der Waals surface area contributed by atoms with Gasteiger partial charge < -0.3 is 9.84 Å². The van der Waals surface area contributed by atoms with E-state index in [0.717, 1.165) is 12.1 Å². The number of carbonyl (C=O) groups is 3. The molecule has 1 N–H and O–H groups in total. The first-order valence-corrected chi connectivity index (χ1v) is 8.36. The molecule has 0 saturated heterocycles. The highest BCUT2D eigenvalue weighted by molar-refractivity contribution is 6.02. The number of aromatic carboxylic acids is 1. The Kier molecular flexibility index (Phi) is 5.39. The fourth-order valence-electron chi connectivity index (χ4n) is 2.87. The molecule has 0 radical (unpaired) electrons. The first kappa shape index (κ1) is 19.1. The van der Waals surface area contributed by atoms with Crippen molar-refractivity contribution in [1.29, 1.82) is 0 Å². The van der Waals surface area contributed by atoms with Crippen LogP contribution in [-0.4, -0.2) is 34.7 Å². The number of ether oxygens (including phenoxy) is 1. The summed E-state index contributed by atoms with van der Waals surface area (Å²) in [5.74, 6) is -3.07. The number of amides is 1. The Morgan fingerprint density at radius 3 is 2.43 bits per heavy atom. The molecule has 1 heterocycles. The number of carboxylic acids is 1. The molecule has 0 atom stereocenters. The molecule has 3 rings (SSSR count). The molecular weight excluding hydrogens is 367 g/mol. The predicted molar refractivity (Wildman–Crippen MR) is 98.9 cm³/mol. The summed E-state index contributed by atoms with van der Waals surface area (Å²) in [6.45, 7) is -0.0605. The quantitative estimate of drug-likeness (QED) is 0.521. The largest absolute Gasteiger partial charge is 0.477 e. The first-order valence-electron chi connectivity index (χ1n) is 8.36. The van der Waals surface area contributed by atoms with Gasteiger partial charge in [-0.15, -0.1) is 0 Å². The molecule has 0 spiro atoms. The van der Waals surface area contributed by atoms with E-state index in [0.29, 0.717) is 16.5 Å². The molecule has 3 aromatic rings. The molecule has 0 bridgehead atoms. The number of benzene rings is 2. The number of aromatic nitrogens is 1. The lowest BCUT2D eigenvalue weighted by atomic mass is 10.2. The fourth-order valence-corrected chi connectivity index (χ4v) is 2.87. The highest BCUT2D eigenvalue weighted by Gasteiger charge is 2.26. The minimum absolute atomic E-state index is 0.0605. The lowest BCUT2D eigenvalue weighted by molar-refractivity contribution is -0.143. The first-order chi connectivity index (χ1) is 13.4. The Balaban J connectivity index is 2.12. The van der Waals surface area contributed by atoms with Gasteiger partial charge in [0.2, 0.25) is 0 Å². The van der Waals surface area contributed by atoms with Gasteiger partial charge >= 0.3 is 11.9 Å². The summed E-state index contributed by atoms with van der Waals surface area (Å²) in [6.07, 6.45) is -0.566. The number of halogens is 1. The van der Waals surface area contributed by atoms with E-state index in [9.17, 15) is 23.9 Å². The average Bonchev–Trinajstić information content (AvgIpc) is 3.07. The molecule has 7 nitrogen and oxygen atoms in total. The molecule has 0 aliphatic carbocycles. The molecule has 28 heavy (non-hydrogen) atoms. The van der Waals surface area contributed by atoms with Crippen LogP contribution in [0, 0.1) is 5.82 Å². The van der Waals surface area contributed by atoms with Crippen LogP contribution in [0.4, 0.5) is 4.39 Å². The molecule has 1 amide bonds. The van der Waals surface area contributed by atoms with Gasteiger partial charge in [0.25, 0.3) is 5.91 Å². The second kappa shape index (κ2) is 7.91. The van der Waals surface area contributed by atoms with Gasteiger partial charge in [-0.2, -0.15) is 0 Å². The summed E-state index contributed by atoms with van der Waals surface area (Å²) in [5.41, 5.74) is 0.912. The Bertz CT molecular complexity index is 1040. The fraction of sp³-hybridized carbons (Fsp3) is 0.150. The van der Waals surface area contributed by atoms with Crippen LogP contribution in [0.2, 0.25) is 0 Å². The molecule has 2 aromatic carbocycles. The van der Waals surface area contributed by atoms with Gasteiger partial charge in [0.05, 0.1) is 19.2 Å². The molecule has 144 valence electrons. The third-order valence-electron chi connectivity index (χ3n) is 4.20. The van der Waals surface area contributed by atoms with Crippen molar-refractivity contribution in [3.05, 3.63) is 71.7 Å². The van der Waals surface area contributed by atoms with E-state index in [1.165, 1.54) is 35.0 Å². The zero-order valence-electron chi connectivity index (χ0n) is 15.0. The molecule has 1 aromatic heterocycles. The van der Waals surface area contributed by atoms with Crippen molar-refractivity contribution in [3.8, 4) is 0 Å². The predicted octanol–water partition coefficient (Wildman–Crippen LogP) is 2.71. The summed E-state index contributed by atoms with van der Waals surface area (Å²) in [6, 6.07) is 13.8. The standard InChI is InChI=1S/C20H17FN2O5/c1-28-19(25)11-18(24)22(12-13-6-8-15(21)9-7-13)23-16-5-3-2-4-14(16)10-17(23)20(26)27/h2-10H,11-12H2,1H3,(H,26,27). The number of fused-ring (bicyclic) bond motifs is 1. The van der Waals surface area contributed by atoms with Crippen LogP contribution < -0.4 is 5.01 Å². The van der Waals surface area contributed by atoms with Crippen LogP contribution in [0.3, 0.4) is 0 Å². The molecule has 0 unspecified atom stereocenters. The number of carboxylic acid groups (broad SMARTS) is 1. The monoisotopic (exact) mass is 384 g/mol. The molecule has 0 aliphatic rings. The molecule has 0 aliphatic heterocycles. The normalized spacial score (nSPS) is 10.6. The van der Waals surface area contributed by atoms with E-state index in [4.69, 9.17) is 0 Å². The van der Waals surface area contributed by atoms with E-state index in [1.807, 2.05) is 0 Å². The smallest absolute Gasteiger partial charge is 0.354 e. The van der Waals surface area contributed by atoms with E-state index < -0.39 is 30.1 Å². The number of methoxy groups -OCH3 is 1. The maximum absolute atomic E-state index is 13.2. The van der Waals surface area contributed by atoms with Crippen LogP contribution in [0.1, 0.15) is 22.5 Å². The number of hydrogen-bond acceptors (Lipinski definition) is 4. The van der Waals surface area contributed by atoms with Crippen molar-refractivity contribution in [2.45, 2.75) is 13.0 Å². The van der Waals surface area contributed by atoms with E-state index >= 15 is 0 Å². The third kappa shape index (κ3) is 3.85. The Labute approximate surface area is 159 Å². The van der Waals surface area contributed by atoms with Crippen molar-refractivity contribution in [3.63, 3.8) is 0 Å². The van der Waals surface area contributed by atoms with Gasteiger partial charge in [0.15, 0.2) is 0 Å². The van der Waals surface area contributed by atoms with Gasteiger partial charge in [-0.25, -0.2) is 18.9 Å². The third-order valence-corrected chi connectivity index (χ3v) is 4.20. The van der Waals surface area contributed by atoms with Crippen molar-refractivity contribution in [2.75, 3.05) is 12.1 Å². The maximum Gasteiger partial charge on any atom is 0.354 e. The summed E-state index contributed by atoms with van der Waals surface area (Å²) >= 11 is 0. The molecular formula is C20H17FN2O5. The number of esters is 1. The number of carbonyl (C=O) groups excluding carboxylic acids is 2. The second-order valence-electron chi connectivity index (χ2n) is 6.04. The zero-order valence-corrected chi connectivity index (χ0v) is 15.0. The second-order valence-corrected chi connectivity index (χ2v) is 6.04. The average molecular weight is 384 g/mol. The Morgan fingerprint density at radius 1 is 1.11 bits per heavy atom. The van der Waals surface area contributed by atoms with Gasteiger partial charge in [0, 0.05) is 5.39 Å². The molecule has 8 heteroatoms. The summed E-state index contributed by atoms with van der Waals surface area (Å²) < 4.78 is 19.0. The lowest BCUT2D eigenvalue weighted by Crippen LogP contribution is -2.42.